The molecule has 0 spiro atoms. The number of hydrogen-bond donors (Lipinski definition) is 1. The van der Waals surface area contributed by atoms with Gasteiger partial charge in [0.1, 0.15) is 6.33 Å². The molecule has 0 radical (unpaired) electrons. The molecular formula is C16H28N4O. The Morgan fingerprint density at radius 2 is 2.14 bits per heavy atom. The highest BCUT2D eigenvalue weighted by Crippen LogP contribution is 2.35. The molecule has 0 saturated carbocycles. The van der Waals surface area contributed by atoms with E-state index in [2.05, 4.69) is 34.0 Å². The first-order chi connectivity index (χ1) is 10.3. The van der Waals surface area contributed by atoms with Crippen LogP contribution in [0.25, 0.3) is 0 Å². The van der Waals surface area contributed by atoms with E-state index in [0.29, 0.717) is 6.04 Å². The van der Waals surface area contributed by atoms with Crippen LogP contribution >= 0.6 is 0 Å². The van der Waals surface area contributed by atoms with Crippen molar-refractivity contribution in [3.8, 4) is 5.75 Å². The van der Waals surface area contributed by atoms with Crippen molar-refractivity contribution < 1.29 is 4.74 Å². The van der Waals surface area contributed by atoms with Gasteiger partial charge in [0.2, 0.25) is 5.75 Å². The lowest BCUT2D eigenvalue weighted by Crippen LogP contribution is -2.35. The Labute approximate surface area is 128 Å². The monoisotopic (exact) mass is 292 g/mol. The van der Waals surface area contributed by atoms with Gasteiger partial charge in [-0.1, -0.05) is 26.7 Å². The van der Waals surface area contributed by atoms with Crippen LogP contribution in [0.2, 0.25) is 0 Å². The van der Waals surface area contributed by atoms with Gasteiger partial charge in [-0.3, -0.25) is 0 Å². The summed E-state index contributed by atoms with van der Waals surface area (Å²) in [6.45, 7) is 6.35. The Hall–Kier alpha value is -1.52. The fraction of sp³-hybridized carbons (Fsp3) is 0.750. The zero-order valence-electron chi connectivity index (χ0n) is 13.6. The first-order valence-corrected chi connectivity index (χ1v) is 8.21. The van der Waals surface area contributed by atoms with E-state index in [1.54, 1.807) is 13.4 Å². The van der Waals surface area contributed by atoms with Crippen LogP contribution in [-0.2, 0) is 0 Å². The Balaban J connectivity index is 2.31. The van der Waals surface area contributed by atoms with E-state index in [9.17, 15) is 0 Å². The summed E-state index contributed by atoms with van der Waals surface area (Å²) in [7, 11) is 1.71. The minimum Gasteiger partial charge on any atom is -0.490 e. The summed E-state index contributed by atoms with van der Waals surface area (Å²) in [6, 6.07) is 0.551. The number of nitrogens with zero attached hydrogens (tertiary/aromatic N) is 3. The van der Waals surface area contributed by atoms with Crippen LogP contribution in [0.4, 0.5) is 11.6 Å². The van der Waals surface area contributed by atoms with Gasteiger partial charge in [0.05, 0.1) is 7.11 Å². The van der Waals surface area contributed by atoms with Crippen LogP contribution in [-0.4, -0.2) is 36.2 Å². The maximum Gasteiger partial charge on any atom is 0.204 e. The first-order valence-electron chi connectivity index (χ1n) is 8.21. The molecule has 0 amide bonds. The Bertz CT molecular complexity index is 438. The summed E-state index contributed by atoms with van der Waals surface area (Å²) in [5, 5.41) is 3.34. The third-order valence-corrected chi connectivity index (χ3v) is 4.15. The average molecular weight is 292 g/mol. The topological polar surface area (TPSA) is 50.3 Å². The van der Waals surface area contributed by atoms with Crippen molar-refractivity contribution in [2.24, 2.45) is 0 Å². The number of hydrogen-bond acceptors (Lipinski definition) is 5. The van der Waals surface area contributed by atoms with Crippen LogP contribution < -0.4 is 15.0 Å². The summed E-state index contributed by atoms with van der Waals surface area (Å²) in [6.07, 6.45) is 8.93. The molecule has 0 aliphatic carbocycles. The van der Waals surface area contributed by atoms with E-state index in [1.807, 2.05) is 0 Å². The number of aromatic nitrogens is 2. The second kappa shape index (κ2) is 8.05. The van der Waals surface area contributed by atoms with Crippen molar-refractivity contribution in [2.45, 2.75) is 58.4 Å². The number of rotatable bonds is 6. The highest BCUT2D eigenvalue weighted by molar-refractivity contribution is 5.65. The minimum absolute atomic E-state index is 0.551. The maximum absolute atomic E-state index is 5.63. The van der Waals surface area contributed by atoms with Crippen LogP contribution in [0, 0.1) is 0 Å². The average Bonchev–Trinajstić information content (AvgIpc) is 2.77. The highest BCUT2D eigenvalue weighted by atomic mass is 16.5. The van der Waals surface area contributed by atoms with Gasteiger partial charge in [-0.25, -0.2) is 9.97 Å². The molecule has 1 aliphatic rings. The second-order valence-corrected chi connectivity index (χ2v) is 5.61. The number of anilines is 2. The zero-order valence-corrected chi connectivity index (χ0v) is 13.6. The summed E-state index contributed by atoms with van der Waals surface area (Å²) < 4.78 is 5.63. The summed E-state index contributed by atoms with van der Waals surface area (Å²) >= 11 is 0. The van der Waals surface area contributed by atoms with E-state index in [-0.39, 0.29) is 0 Å². The van der Waals surface area contributed by atoms with E-state index in [4.69, 9.17) is 4.74 Å². The molecule has 1 N–H and O–H groups in total. The lowest BCUT2D eigenvalue weighted by atomic mass is 10.1. The normalized spacial score (nSPS) is 19.2. The van der Waals surface area contributed by atoms with Crippen molar-refractivity contribution in [3.05, 3.63) is 6.33 Å². The van der Waals surface area contributed by atoms with Gasteiger partial charge in [-0.2, -0.15) is 0 Å². The van der Waals surface area contributed by atoms with Crippen LogP contribution in [0.3, 0.4) is 0 Å². The van der Waals surface area contributed by atoms with E-state index in [0.717, 1.165) is 43.3 Å². The minimum atomic E-state index is 0.551. The quantitative estimate of drug-likeness (QED) is 0.870. The second-order valence-electron chi connectivity index (χ2n) is 5.61. The molecule has 0 bridgehead atoms. The molecule has 1 aromatic heterocycles. The SMILES string of the molecule is CCCNc1ncnc(N2CCCCCC2CC)c1OC. The molecule has 21 heavy (non-hydrogen) atoms. The number of ether oxygens (including phenoxy) is 1. The molecule has 118 valence electrons. The lowest BCUT2D eigenvalue weighted by Gasteiger charge is -2.31. The molecule has 1 fully saturated rings. The molecule has 5 nitrogen and oxygen atoms in total. The van der Waals surface area contributed by atoms with Crippen LogP contribution in [0.5, 0.6) is 5.75 Å². The molecule has 1 saturated heterocycles. The van der Waals surface area contributed by atoms with Crippen LogP contribution in [0.1, 0.15) is 52.4 Å². The Kier molecular flexibility index (Phi) is 6.08. The molecule has 0 aromatic carbocycles. The van der Waals surface area contributed by atoms with Crippen molar-refractivity contribution in [1.29, 1.82) is 0 Å². The molecule has 1 aliphatic heterocycles. The fourth-order valence-electron chi connectivity index (χ4n) is 3.01. The van der Waals surface area contributed by atoms with Crippen molar-refractivity contribution in [3.63, 3.8) is 0 Å². The summed E-state index contributed by atoms with van der Waals surface area (Å²) in [5.41, 5.74) is 0. The number of methoxy groups -OCH3 is 1. The molecule has 2 rings (SSSR count). The molecule has 1 unspecified atom stereocenters. The summed E-state index contributed by atoms with van der Waals surface area (Å²) in [5.74, 6) is 2.54. The van der Waals surface area contributed by atoms with Gasteiger partial charge < -0.3 is 15.0 Å². The fourth-order valence-corrected chi connectivity index (χ4v) is 3.01. The third-order valence-electron chi connectivity index (χ3n) is 4.15. The van der Waals surface area contributed by atoms with Crippen LogP contribution in [0.15, 0.2) is 6.33 Å². The molecule has 1 atom stereocenters. The predicted molar refractivity (Wildman–Crippen MR) is 87.3 cm³/mol. The van der Waals surface area contributed by atoms with E-state index in [1.165, 1.54) is 25.7 Å². The first kappa shape index (κ1) is 15.9. The standard InChI is InChI=1S/C16H28N4O/c1-4-10-17-15-14(21-3)16(19-12-18-15)20-11-8-6-7-9-13(20)5-2/h12-13H,4-11H2,1-3H3,(H,17,18,19). The van der Waals surface area contributed by atoms with Gasteiger partial charge >= 0.3 is 0 Å². The lowest BCUT2D eigenvalue weighted by molar-refractivity contribution is 0.409. The predicted octanol–water partition coefficient (Wildman–Crippen LogP) is 3.47. The Morgan fingerprint density at radius 3 is 2.86 bits per heavy atom. The molecule has 5 heteroatoms. The van der Waals surface area contributed by atoms with Crippen molar-refractivity contribution in [1.82, 2.24) is 9.97 Å². The Morgan fingerprint density at radius 1 is 1.29 bits per heavy atom. The zero-order chi connectivity index (χ0) is 15.1. The molecule has 2 heterocycles. The van der Waals surface area contributed by atoms with Crippen molar-refractivity contribution >= 4 is 11.6 Å². The molecule has 1 aromatic rings. The van der Waals surface area contributed by atoms with Crippen molar-refractivity contribution in [2.75, 3.05) is 30.4 Å². The smallest absolute Gasteiger partial charge is 0.204 e. The summed E-state index contributed by atoms with van der Waals surface area (Å²) in [4.78, 5) is 11.3. The largest absolute Gasteiger partial charge is 0.490 e. The van der Waals surface area contributed by atoms with E-state index >= 15 is 0 Å². The highest BCUT2D eigenvalue weighted by Gasteiger charge is 2.25. The van der Waals surface area contributed by atoms with Gasteiger partial charge in [0.15, 0.2) is 11.6 Å². The van der Waals surface area contributed by atoms with E-state index < -0.39 is 0 Å². The molecular weight excluding hydrogens is 264 g/mol. The van der Waals surface area contributed by atoms with Gasteiger partial charge in [-0.15, -0.1) is 0 Å². The van der Waals surface area contributed by atoms with Gasteiger partial charge in [0, 0.05) is 19.1 Å². The van der Waals surface area contributed by atoms with Gasteiger partial charge in [0.25, 0.3) is 0 Å². The number of nitrogens with one attached hydrogen (secondary N) is 1. The third kappa shape index (κ3) is 3.77. The van der Waals surface area contributed by atoms with Gasteiger partial charge in [-0.05, 0) is 25.7 Å². The maximum atomic E-state index is 5.63.